The Hall–Kier alpha value is -2.29. The molecule has 0 bridgehead atoms. The fourth-order valence-corrected chi connectivity index (χ4v) is 2.53. The van der Waals surface area contributed by atoms with Crippen LogP contribution in [-0.4, -0.2) is 33.5 Å². The van der Waals surface area contributed by atoms with Crippen LogP contribution in [0, 0.1) is 17.0 Å². The van der Waals surface area contributed by atoms with Gasteiger partial charge in [-0.3, -0.25) is 10.1 Å². The van der Waals surface area contributed by atoms with Crippen LogP contribution in [0.2, 0.25) is 0 Å². The quantitative estimate of drug-likeness (QED) is 0.623. The van der Waals surface area contributed by atoms with Gasteiger partial charge in [0.25, 0.3) is 0 Å². The van der Waals surface area contributed by atoms with E-state index in [1.807, 2.05) is 12.3 Å². The normalized spacial score (nSPS) is 12.0. The highest BCUT2D eigenvalue weighted by Gasteiger charge is 2.22. The van der Waals surface area contributed by atoms with Crippen molar-refractivity contribution in [3.05, 3.63) is 32.4 Å². The summed E-state index contributed by atoms with van der Waals surface area (Å²) in [5.41, 5.74) is 0.226. The smallest absolute Gasteiger partial charge is 0.332 e. The van der Waals surface area contributed by atoms with Crippen LogP contribution >= 0.6 is 11.3 Å². The Balaban J connectivity index is 2.22. The number of thiazole rings is 1. The lowest BCUT2D eigenvalue weighted by Gasteiger charge is -2.12. The zero-order chi connectivity index (χ0) is 15.4. The first kappa shape index (κ1) is 15.1. The van der Waals surface area contributed by atoms with Gasteiger partial charge in [0, 0.05) is 31.1 Å². The van der Waals surface area contributed by atoms with E-state index in [-0.39, 0.29) is 17.4 Å². The van der Waals surface area contributed by atoms with Crippen molar-refractivity contribution in [1.82, 2.24) is 15.0 Å². The van der Waals surface area contributed by atoms with Crippen molar-refractivity contribution in [3.63, 3.8) is 0 Å². The molecule has 8 nitrogen and oxygen atoms in total. The summed E-state index contributed by atoms with van der Waals surface area (Å²) in [6, 6.07) is 0. The topological polar surface area (TPSA) is 106 Å². The lowest BCUT2D eigenvalue weighted by Crippen LogP contribution is -2.14. The number of aromatic nitrogens is 3. The average molecular weight is 308 g/mol. The van der Waals surface area contributed by atoms with Gasteiger partial charge in [-0.15, -0.1) is 11.3 Å². The molecule has 0 radical (unpaired) electrons. The Morgan fingerprint density at radius 3 is 2.81 bits per heavy atom. The number of nitrogens with one attached hydrogen (secondary N) is 2. The van der Waals surface area contributed by atoms with Crippen molar-refractivity contribution >= 4 is 28.8 Å². The van der Waals surface area contributed by atoms with Gasteiger partial charge in [-0.05, 0) is 6.92 Å². The molecule has 0 aromatic carbocycles. The summed E-state index contributed by atoms with van der Waals surface area (Å²) in [5, 5.41) is 19.9. The highest BCUT2D eigenvalue weighted by Crippen LogP contribution is 2.27. The van der Waals surface area contributed by atoms with Crippen molar-refractivity contribution in [2.75, 3.05) is 24.2 Å². The molecule has 2 rings (SSSR count). The summed E-state index contributed by atoms with van der Waals surface area (Å²) >= 11 is 1.56. The molecular formula is C12H16N6O2S. The molecule has 0 saturated carbocycles. The Morgan fingerprint density at radius 1 is 1.48 bits per heavy atom. The van der Waals surface area contributed by atoms with Crippen molar-refractivity contribution in [1.29, 1.82) is 0 Å². The molecule has 112 valence electrons. The number of anilines is 2. The van der Waals surface area contributed by atoms with Crippen LogP contribution in [0.1, 0.15) is 23.5 Å². The zero-order valence-corrected chi connectivity index (χ0v) is 12.8. The molecule has 0 fully saturated rings. The van der Waals surface area contributed by atoms with Gasteiger partial charge < -0.3 is 10.6 Å². The van der Waals surface area contributed by atoms with Crippen molar-refractivity contribution in [3.8, 4) is 0 Å². The molecule has 0 aliphatic carbocycles. The Morgan fingerprint density at radius 2 is 2.24 bits per heavy atom. The maximum Gasteiger partial charge on any atom is 0.332 e. The minimum Gasteiger partial charge on any atom is -0.363 e. The molecule has 2 aromatic heterocycles. The summed E-state index contributed by atoms with van der Waals surface area (Å²) in [6.07, 6.45) is 1.74. The van der Waals surface area contributed by atoms with Crippen LogP contribution in [0.5, 0.6) is 0 Å². The lowest BCUT2D eigenvalue weighted by atomic mass is 10.2. The number of nitro groups is 1. The number of hydrogen-bond acceptors (Lipinski definition) is 8. The maximum absolute atomic E-state index is 11.2. The van der Waals surface area contributed by atoms with E-state index < -0.39 is 4.92 Å². The van der Waals surface area contributed by atoms with Crippen LogP contribution in [0.4, 0.5) is 17.5 Å². The Kier molecular flexibility index (Phi) is 4.63. The van der Waals surface area contributed by atoms with Crippen LogP contribution in [-0.2, 0) is 0 Å². The molecule has 0 spiro atoms. The second kappa shape index (κ2) is 6.44. The molecule has 1 atom stereocenters. The predicted octanol–water partition coefficient (Wildman–Crippen LogP) is 2.41. The summed E-state index contributed by atoms with van der Waals surface area (Å²) in [5.74, 6) is 0.709. The van der Waals surface area contributed by atoms with Crippen LogP contribution in [0.3, 0.4) is 0 Å². The van der Waals surface area contributed by atoms with E-state index >= 15 is 0 Å². The second-order valence-corrected chi connectivity index (χ2v) is 5.42. The summed E-state index contributed by atoms with van der Waals surface area (Å²) in [7, 11) is 1.67. The van der Waals surface area contributed by atoms with E-state index in [1.165, 1.54) is 0 Å². The van der Waals surface area contributed by atoms with Crippen molar-refractivity contribution < 1.29 is 4.92 Å². The minimum atomic E-state index is -0.467. The molecular weight excluding hydrogens is 292 g/mol. The van der Waals surface area contributed by atoms with Gasteiger partial charge in [-0.2, -0.15) is 4.98 Å². The third kappa shape index (κ3) is 3.43. The van der Waals surface area contributed by atoms with E-state index in [0.29, 0.717) is 18.2 Å². The fourth-order valence-electron chi connectivity index (χ4n) is 1.84. The molecule has 0 aliphatic rings. The number of nitrogens with zero attached hydrogens (tertiary/aromatic N) is 4. The van der Waals surface area contributed by atoms with Crippen LogP contribution in [0.15, 0.2) is 11.6 Å². The van der Waals surface area contributed by atoms with Gasteiger partial charge in [0.2, 0.25) is 11.8 Å². The van der Waals surface area contributed by atoms with Crippen molar-refractivity contribution in [2.45, 2.75) is 19.8 Å². The highest BCUT2D eigenvalue weighted by molar-refractivity contribution is 7.09. The Bertz CT molecular complexity index is 631. The monoisotopic (exact) mass is 308 g/mol. The van der Waals surface area contributed by atoms with Crippen molar-refractivity contribution in [2.24, 2.45) is 0 Å². The highest BCUT2D eigenvalue weighted by atomic mass is 32.1. The fraction of sp³-hybridized carbons (Fsp3) is 0.417. The van der Waals surface area contributed by atoms with E-state index in [0.717, 1.165) is 5.01 Å². The molecule has 9 heteroatoms. The molecule has 2 aromatic rings. The standard InChI is InChI=1S/C12H16N6O2S/c1-7(11-14-4-5-21-11)6-15-10-9(18(19)20)8(2)16-12(13-3)17-10/h4-5,7H,6H2,1-3H3,(H2,13,15,16,17). The molecule has 21 heavy (non-hydrogen) atoms. The largest absolute Gasteiger partial charge is 0.363 e. The molecule has 2 N–H and O–H groups in total. The maximum atomic E-state index is 11.2. The molecule has 0 amide bonds. The number of aryl methyl sites for hydroxylation is 1. The first-order valence-electron chi connectivity index (χ1n) is 6.37. The van der Waals surface area contributed by atoms with Gasteiger partial charge in [0.05, 0.1) is 9.93 Å². The van der Waals surface area contributed by atoms with E-state index in [4.69, 9.17) is 0 Å². The third-order valence-electron chi connectivity index (χ3n) is 2.91. The van der Waals surface area contributed by atoms with Gasteiger partial charge in [-0.25, -0.2) is 9.97 Å². The van der Waals surface area contributed by atoms with Gasteiger partial charge in [0.15, 0.2) is 0 Å². The first-order chi connectivity index (χ1) is 10.0. The van der Waals surface area contributed by atoms with Crippen LogP contribution in [0.25, 0.3) is 0 Å². The zero-order valence-electron chi connectivity index (χ0n) is 12.0. The predicted molar refractivity (Wildman–Crippen MR) is 82.0 cm³/mol. The Labute approximate surface area is 125 Å². The number of hydrogen-bond donors (Lipinski definition) is 2. The van der Waals surface area contributed by atoms with E-state index in [2.05, 4.69) is 25.6 Å². The molecule has 0 saturated heterocycles. The SMILES string of the molecule is CNc1nc(C)c([N+](=O)[O-])c(NCC(C)c2nccs2)n1. The summed E-state index contributed by atoms with van der Waals surface area (Å²) < 4.78 is 0. The molecule has 1 unspecified atom stereocenters. The molecule has 0 aliphatic heterocycles. The minimum absolute atomic E-state index is 0.0969. The van der Waals surface area contributed by atoms with Gasteiger partial charge >= 0.3 is 5.69 Å². The first-order valence-corrected chi connectivity index (χ1v) is 7.25. The number of rotatable bonds is 6. The van der Waals surface area contributed by atoms with Crippen LogP contribution < -0.4 is 10.6 Å². The lowest BCUT2D eigenvalue weighted by molar-refractivity contribution is -0.385. The summed E-state index contributed by atoms with van der Waals surface area (Å²) in [4.78, 5) is 23.1. The van der Waals surface area contributed by atoms with Gasteiger partial charge in [0.1, 0.15) is 5.69 Å². The summed E-state index contributed by atoms with van der Waals surface area (Å²) in [6.45, 7) is 4.11. The second-order valence-electron chi connectivity index (χ2n) is 4.49. The van der Waals surface area contributed by atoms with Gasteiger partial charge in [-0.1, -0.05) is 6.92 Å². The van der Waals surface area contributed by atoms with E-state index in [1.54, 1.807) is 31.5 Å². The van der Waals surface area contributed by atoms with E-state index in [9.17, 15) is 10.1 Å². The average Bonchev–Trinajstić information content (AvgIpc) is 2.97. The third-order valence-corrected chi connectivity index (χ3v) is 3.92. The molecule has 2 heterocycles.